The molecule has 2 aromatic rings. The van der Waals surface area contributed by atoms with Crippen LogP contribution in [0, 0.1) is 0 Å². The van der Waals surface area contributed by atoms with Crippen LogP contribution in [-0.4, -0.2) is 23.0 Å². The molecule has 0 saturated heterocycles. The quantitative estimate of drug-likeness (QED) is 0.726. The van der Waals surface area contributed by atoms with E-state index in [0.29, 0.717) is 17.0 Å². The lowest BCUT2D eigenvalue weighted by atomic mass is 10.1. The molecule has 0 aliphatic heterocycles. The minimum Gasteiger partial charge on any atom is -0.497 e. The van der Waals surface area contributed by atoms with Crippen LogP contribution in [0.2, 0.25) is 0 Å². The molecule has 0 aliphatic carbocycles. The van der Waals surface area contributed by atoms with Gasteiger partial charge in [0.2, 0.25) is 0 Å². The summed E-state index contributed by atoms with van der Waals surface area (Å²) in [6.45, 7) is 1.98. The molecule has 1 unspecified atom stereocenters. The molecular weight excluding hydrogens is 256 g/mol. The van der Waals surface area contributed by atoms with E-state index in [4.69, 9.17) is 10.5 Å². The number of amides is 1. The van der Waals surface area contributed by atoms with Crippen molar-refractivity contribution in [2.24, 2.45) is 0 Å². The van der Waals surface area contributed by atoms with Gasteiger partial charge in [0.25, 0.3) is 5.91 Å². The van der Waals surface area contributed by atoms with Crippen LogP contribution in [0.5, 0.6) is 5.75 Å². The van der Waals surface area contributed by atoms with Gasteiger partial charge in [-0.05, 0) is 18.6 Å². The Morgan fingerprint density at radius 2 is 2.30 bits per heavy atom. The summed E-state index contributed by atoms with van der Waals surface area (Å²) in [6, 6.07) is 4.78. The van der Waals surface area contributed by atoms with Crippen molar-refractivity contribution < 1.29 is 9.53 Å². The van der Waals surface area contributed by atoms with Gasteiger partial charge >= 0.3 is 0 Å². The number of aromatic nitrogens is 2. The number of H-pyrrole nitrogens is 1. The Morgan fingerprint density at radius 1 is 1.50 bits per heavy atom. The summed E-state index contributed by atoms with van der Waals surface area (Å²) in [5, 5.41) is 2.92. The van der Waals surface area contributed by atoms with Crippen molar-refractivity contribution in [3.63, 3.8) is 0 Å². The Bertz CT molecular complexity index is 581. The number of carbonyl (C=O) groups is 1. The van der Waals surface area contributed by atoms with Crippen molar-refractivity contribution in [1.82, 2.24) is 15.3 Å². The number of ether oxygens (including phenoxy) is 1. The van der Waals surface area contributed by atoms with Crippen molar-refractivity contribution in [2.45, 2.75) is 19.4 Å². The summed E-state index contributed by atoms with van der Waals surface area (Å²) in [5.41, 5.74) is 6.70. The molecule has 0 aliphatic rings. The summed E-state index contributed by atoms with van der Waals surface area (Å²) < 4.78 is 5.11. The number of hydrogen-bond donors (Lipinski definition) is 3. The first-order valence-corrected chi connectivity index (χ1v) is 6.38. The van der Waals surface area contributed by atoms with Crippen LogP contribution in [0.1, 0.15) is 35.6 Å². The van der Waals surface area contributed by atoms with Crippen molar-refractivity contribution >= 4 is 11.6 Å². The highest BCUT2D eigenvalue weighted by molar-refractivity contribution is 5.95. The third kappa shape index (κ3) is 3.09. The van der Waals surface area contributed by atoms with E-state index in [1.807, 2.05) is 6.92 Å². The number of hydrogen-bond acceptors (Lipinski definition) is 4. The number of imidazole rings is 1. The number of nitrogens with one attached hydrogen (secondary N) is 2. The number of methoxy groups -OCH3 is 1. The number of nitrogens with zero attached hydrogens (tertiary/aromatic N) is 1. The molecule has 2 rings (SSSR count). The lowest BCUT2D eigenvalue weighted by Gasteiger charge is -2.15. The Labute approximate surface area is 117 Å². The van der Waals surface area contributed by atoms with Crippen molar-refractivity contribution in [3.05, 3.63) is 42.0 Å². The van der Waals surface area contributed by atoms with Gasteiger partial charge in [0.1, 0.15) is 11.6 Å². The lowest BCUT2D eigenvalue weighted by molar-refractivity contribution is 0.0933. The van der Waals surface area contributed by atoms with Gasteiger partial charge in [0.15, 0.2) is 0 Å². The SMILES string of the molecule is CCC(NC(=O)c1cc(N)cc(OC)c1)c1ncc[nH]1. The molecule has 0 fully saturated rings. The third-order valence-corrected chi connectivity index (χ3v) is 2.99. The molecule has 20 heavy (non-hydrogen) atoms. The van der Waals surface area contributed by atoms with Gasteiger partial charge in [0.05, 0.1) is 13.2 Å². The van der Waals surface area contributed by atoms with Crippen molar-refractivity contribution in [2.75, 3.05) is 12.8 Å². The average molecular weight is 274 g/mol. The summed E-state index contributed by atoms with van der Waals surface area (Å²) in [6.07, 6.45) is 4.13. The highest BCUT2D eigenvalue weighted by atomic mass is 16.5. The third-order valence-electron chi connectivity index (χ3n) is 2.99. The first-order valence-electron chi connectivity index (χ1n) is 6.38. The van der Waals surface area contributed by atoms with Crippen LogP contribution in [-0.2, 0) is 0 Å². The van der Waals surface area contributed by atoms with E-state index >= 15 is 0 Å². The van der Waals surface area contributed by atoms with Crippen LogP contribution in [0.4, 0.5) is 5.69 Å². The molecule has 1 atom stereocenters. The minimum absolute atomic E-state index is 0.162. The normalized spacial score (nSPS) is 11.9. The van der Waals surface area contributed by atoms with E-state index in [1.165, 1.54) is 7.11 Å². The zero-order valence-electron chi connectivity index (χ0n) is 11.5. The summed E-state index contributed by atoms with van der Waals surface area (Å²) in [7, 11) is 1.54. The van der Waals surface area contributed by atoms with Gasteiger partial charge in [-0.15, -0.1) is 0 Å². The number of anilines is 1. The zero-order chi connectivity index (χ0) is 14.5. The number of rotatable bonds is 5. The fraction of sp³-hybridized carbons (Fsp3) is 0.286. The van der Waals surface area contributed by atoms with E-state index in [0.717, 1.165) is 12.2 Å². The average Bonchev–Trinajstić information content (AvgIpc) is 2.97. The predicted molar refractivity (Wildman–Crippen MR) is 76.5 cm³/mol. The smallest absolute Gasteiger partial charge is 0.252 e. The maximum absolute atomic E-state index is 12.3. The second-order valence-corrected chi connectivity index (χ2v) is 4.40. The predicted octanol–water partition coefficient (Wildman–Crippen LogP) is 1.88. The van der Waals surface area contributed by atoms with Crippen LogP contribution < -0.4 is 15.8 Å². The Kier molecular flexibility index (Phi) is 4.24. The minimum atomic E-state index is -0.209. The molecular formula is C14H18N4O2. The van der Waals surface area contributed by atoms with Gasteiger partial charge < -0.3 is 20.8 Å². The number of benzene rings is 1. The van der Waals surface area contributed by atoms with E-state index in [1.54, 1.807) is 30.6 Å². The Morgan fingerprint density at radius 3 is 2.90 bits per heavy atom. The Hall–Kier alpha value is -2.50. The molecule has 6 nitrogen and oxygen atoms in total. The summed E-state index contributed by atoms with van der Waals surface area (Å²) in [4.78, 5) is 19.4. The lowest BCUT2D eigenvalue weighted by Crippen LogP contribution is -2.29. The largest absolute Gasteiger partial charge is 0.497 e. The van der Waals surface area contributed by atoms with E-state index in [-0.39, 0.29) is 11.9 Å². The maximum Gasteiger partial charge on any atom is 0.252 e. The van der Waals surface area contributed by atoms with Crippen molar-refractivity contribution in [1.29, 1.82) is 0 Å². The number of nitrogens with two attached hydrogens (primary N) is 1. The molecule has 1 aromatic carbocycles. The second kappa shape index (κ2) is 6.10. The van der Waals surface area contributed by atoms with E-state index in [2.05, 4.69) is 15.3 Å². The molecule has 1 aromatic heterocycles. The molecule has 0 saturated carbocycles. The molecule has 1 heterocycles. The van der Waals surface area contributed by atoms with Gasteiger partial charge in [-0.1, -0.05) is 6.92 Å². The fourth-order valence-electron chi connectivity index (χ4n) is 1.94. The standard InChI is InChI=1S/C14H18N4O2/c1-3-12(13-16-4-5-17-13)18-14(19)9-6-10(15)8-11(7-9)20-2/h4-8,12H,3,15H2,1-2H3,(H,16,17)(H,18,19). The fourth-order valence-corrected chi connectivity index (χ4v) is 1.94. The molecule has 0 radical (unpaired) electrons. The maximum atomic E-state index is 12.3. The first kappa shape index (κ1) is 13.9. The van der Waals surface area contributed by atoms with Gasteiger partial charge in [-0.2, -0.15) is 0 Å². The molecule has 6 heteroatoms. The highest BCUT2D eigenvalue weighted by Gasteiger charge is 2.16. The molecule has 106 valence electrons. The van der Waals surface area contributed by atoms with Gasteiger partial charge in [-0.25, -0.2) is 4.98 Å². The van der Waals surface area contributed by atoms with Crippen molar-refractivity contribution in [3.8, 4) is 5.75 Å². The Balaban J connectivity index is 2.17. The van der Waals surface area contributed by atoms with Crippen LogP contribution >= 0.6 is 0 Å². The number of nitrogen functional groups attached to an aromatic ring is 1. The molecule has 0 bridgehead atoms. The van der Waals surface area contributed by atoms with Crippen LogP contribution in [0.15, 0.2) is 30.6 Å². The summed E-state index contributed by atoms with van der Waals surface area (Å²) >= 11 is 0. The zero-order valence-corrected chi connectivity index (χ0v) is 11.5. The molecule has 0 spiro atoms. The molecule has 4 N–H and O–H groups in total. The second-order valence-electron chi connectivity index (χ2n) is 4.40. The highest BCUT2D eigenvalue weighted by Crippen LogP contribution is 2.20. The van der Waals surface area contributed by atoms with Crippen LogP contribution in [0.25, 0.3) is 0 Å². The van der Waals surface area contributed by atoms with Crippen LogP contribution in [0.3, 0.4) is 0 Å². The monoisotopic (exact) mass is 274 g/mol. The number of aromatic amines is 1. The van der Waals surface area contributed by atoms with E-state index in [9.17, 15) is 4.79 Å². The first-order chi connectivity index (χ1) is 9.63. The number of carbonyl (C=O) groups excluding carboxylic acids is 1. The molecule has 1 amide bonds. The topological polar surface area (TPSA) is 93.0 Å². The van der Waals surface area contributed by atoms with E-state index < -0.39 is 0 Å². The summed E-state index contributed by atoms with van der Waals surface area (Å²) in [5.74, 6) is 1.08. The van der Waals surface area contributed by atoms with Gasteiger partial charge in [-0.3, -0.25) is 4.79 Å². The van der Waals surface area contributed by atoms with Gasteiger partial charge in [0, 0.05) is 29.7 Å².